The number of hydrogen-bond acceptors (Lipinski definition) is 1. The zero-order valence-electron chi connectivity index (χ0n) is 5.80. The first kappa shape index (κ1) is 4.73. The van der Waals surface area contributed by atoms with Crippen LogP contribution in [0, 0.1) is 23.7 Å². The fourth-order valence-electron chi connectivity index (χ4n) is 3.42. The van der Waals surface area contributed by atoms with Gasteiger partial charge in [-0.15, -0.1) is 0 Å². The van der Waals surface area contributed by atoms with E-state index in [-0.39, 0.29) is 0 Å². The van der Waals surface area contributed by atoms with Crippen molar-refractivity contribution in [3.63, 3.8) is 0 Å². The first-order chi connectivity index (χ1) is 4.42. The molecule has 0 aromatic rings. The standard InChI is InChI=1S/C8H13N/c1-9-8-5-2-4-3-6(8)7(4)5/h4-9H,2-3H2,1H3. The number of hydrogen-bond donors (Lipinski definition) is 1. The van der Waals surface area contributed by atoms with Gasteiger partial charge in [0, 0.05) is 6.04 Å². The molecule has 0 saturated heterocycles. The van der Waals surface area contributed by atoms with Crippen LogP contribution in [0.15, 0.2) is 0 Å². The van der Waals surface area contributed by atoms with E-state index in [1.807, 2.05) is 0 Å². The highest BCUT2D eigenvalue weighted by Gasteiger charge is 2.67. The maximum absolute atomic E-state index is 3.42. The molecule has 2 unspecified atom stereocenters. The van der Waals surface area contributed by atoms with Crippen LogP contribution in [0.4, 0.5) is 0 Å². The lowest BCUT2D eigenvalue weighted by Crippen LogP contribution is -2.73. The highest BCUT2D eigenvalue weighted by Crippen LogP contribution is 2.69. The first-order valence-corrected chi connectivity index (χ1v) is 4.09. The van der Waals surface area contributed by atoms with E-state index in [9.17, 15) is 0 Å². The molecule has 1 heteroatoms. The van der Waals surface area contributed by atoms with Crippen LogP contribution in [-0.2, 0) is 0 Å². The van der Waals surface area contributed by atoms with E-state index in [0.717, 1.165) is 17.9 Å². The molecular formula is C8H13N. The smallest absolute Gasteiger partial charge is 0.0126 e. The summed E-state index contributed by atoms with van der Waals surface area (Å²) >= 11 is 0. The van der Waals surface area contributed by atoms with Crippen molar-refractivity contribution in [1.82, 2.24) is 5.32 Å². The summed E-state index contributed by atoms with van der Waals surface area (Å²) in [6, 6.07) is 0.931. The second kappa shape index (κ2) is 1.20. The summed E-state index contributed by atoms with van der Waals surface area (Å²) in [6.07, 6.45) is 3.10. The summed E-state index contributed by atoms with van der Waals surface area (Å²) in [5.41, 5.74) is 0. The summed E-state index contributed by atoms with van der Waals surface area (Å²) in [7, 11) is 2.12. The van der Waals surface area contributed by atoms with Crippen LogP contribution in [0.1, 0.15) is 12.8 Å². The highest BCUT2D eigenvalue weighted by molar-refractivity contribution is 5.18. The van der Waals surface area contributed by atoms with Crippen LogP contribution < -0.4 is 5.32 Å². The van der Waals surface area contributed by atoms with E-state index in [2.05, 4.69) is 12.4 Å². The minimum atomic E-state index is 0.931. The van der Waals surface area contributed by atoms with Crippen LogP contribution in [0.3, 0.4) is 0 Å². The van der Waals surface area contributed by atoms with Crippen molar-refractivity contribution in [3.05, 3.63) is 0 Å². The van der Waals surface area contributed by atoms with Gasteiger partial charge in [0.1, 0.15) is 0 Å². The minimum Gasteiger partial charge on any atom is -0.316 e. The predicted octanol–water partition coefficient (Wildman–Crippen LogP) is 0.860. The molecule has 3 aliphatic rings. The van der Waals surface area contributed by atoms with Crippen LogP contribution in [0.5, 0.6) is 0 Å². The Hall–Kier alpha value is -0.0400. The molecule has 3 saturated carbocycles. The van der Waals surface area contributed by atoms with Gasteiger partial charge in [0.05, 0.1) is 0 Å². The number of rotatable bonds is 1. The summed E-state index contributed by atoms with van der Waals surface area (Å²) in [4.78, 5) is 0. The van der Waals surface area contributed by atoms with Gasteiger partial charge in [-0.2, -0.15) is 0 Å². The molecule has 0 aliphatic heterocycles. The van der Waals surface area contributed by atoms with Crippen molar-refractivity contribution < 1.29 is 0 Å². The van der Waals surface area contributed by atoms with Crippen molar-refractivity contribution in [1.29, 1.82) is 0 Å². The van der Waals surface area contributed by atoms with E-state index in [0.29, 0.717) is 0 Å². The van der Waals surface area contributed by atoms with E-state index < -0.39 is 0 Å². The first-order valence-electron chi connectivity index (χ1n) is 4.09. The zero-order chi connectivity index (χ0) is 6.01. The van der Waals surface area contributed by atoms with Crippen molar-refractivity contribution in [2.24, 2.45) is 23.7 Å². The summed E-state index contributed by atoms with van der Waals surface area (Å²) < 4.78 is 0. The van der Waals surface area contributed by atoms with Gasteiger partial charge < -0.3 is 5.32 Å². The molecule has 0 radical (unpaired) electrons. The van der Waals surface area contributed by atoms with Crippen LogP contribution in [-0.4, -0.2) is 13.1 Å². The average Bonchev–Trinajstić information content (AvgIpc) is 1.87. The molecule has 3 aliphatic carbocycles. The lowest BCUT2D eigenvalue weighted by Gasteiger charge is -2.73. The molecule has 1 nitrogen and oxygen atoms in total. The normalized spacial score (nSPS) is 67.0. The van der Waals surface area contributed by atoms with Gasteiger partial charge >= 0.3 is 0 Å². The molecule has 2 atom stereocenters. The SMILES string of the molecule is CNC1C2CC3CC1C32. The van der Waals surface area contributed by atoms with Crippen LogP contribution in [0.25, 0.3) is 0 Å². The van der Waals surface area contributed by atoms with Gasteiger partial charge in [-0.25, -0.2) is 0 Å². The summed E-state index contributed by atoms with van der Waals surface area (Å²) in [6.45, 7) is 0. The molecule has 0 bridgehead atoms. The van der Waals surface area contributed by atoms with Gasteiger partial charge in [-0.05, 0) is 43.6 Å². The molecule has 0 aromatic carbocycles. The summed E-state index contributed by atoms with van der Waals surface area (Å²) in [5, 5.41) is 3.42. The highest BCUT2D eigenvalue weighted by atomic mass is 15.0. The Bertz CT molecular complexity index is 141. The quantitative estimate of drug-likeness (QED) is 0.545. The molecule has 0 amide bonds. The Kier molecular flexibility index (Phi) is 0.628. The molecule has 3 rings (SSSR count). The predicted molar refractivity (Wildman–Crippen MR) is 36.0 cm³/mol. The topological polar surface area (TPSA) is 12.0 Å². The fraction of sp³-hybridized carbons (Fsp3) is 1.00. The maximum Gasteiger partial charge on any atom is 0.0126 e. The van der Waals surface area contributed by atoms with E-state index in [4.69, 9.17) is 0 Å². The minimum absolute atomic E-state index is 0.931. The molecular weight excluding hydrogens is 110 g/mol. The van der Waals surface area contributed by atoms with Gasteiger partial charge in [0.25, 0.3) is 0 Å². The van der Waals surface area contributed by atoms with Crippen molar-refractivity contribution >= 4 is 0 Å². The van der Waals surface area contributed by atoms with Crippen molar-refractivity contribution in [2.45, 2.75) is 18.9 Å². The molecule has 9 heavy (non-hydrogen) atoms. The molecule has 0 spiro atoms. The average molecular weight is 123 g/mol. The van der Waals surface area contributed by atoms with Gasteiger partial charge in [-0.1, -0.05) is 0 Å². The van der Waals surface area contributed by atoms with E-state index >= 15 is 0 Å². The Labute approximate surface area is 55.8 Å². The second-order valence-electron chi connectivity index (χ2n) is 3.95. The molecule has 1 N–H and O–H groups in total. The Balaban J connectivity index is 1.82. The van der Waals surface area contributed by atoms with Gasteiger partial charge in [0.15, 0.2) is 0 Å². The fourth-order valence-corrected chi connectivity index (χ4v) is 3.42. The lowest BCUT2D eigenvalue weighted by atomic mass is 9.34. The van der Waals surface area contributed by atoms with Crippen LogP contribution >= 0.6 is 0 Å². The molecule has 0 aromatic heterocycles. The Morgan fingerprint density at radius 2 is 1.89 bits per heavy atom. The van der Waals surface area contributed by atoms with E-state index in [1.165, 1.54) is 11.8 Å². The van der Waals surface area contributed by atoms with E-state index in [1.54, 1.807) is 12.8 Å². The van der Waals surface area contributed by atoms with Crippen LogP contribution in [0.2, 0.25) is 0 Å². The Morgan fingerprint density at radius 3 is 2.11 bits per heavy atom. The van der Waals surface area contributed by atoms with Gasteiger partial charge in [-0.3, -0.25) is 0 Å². The largest absolute Gasteiger partial charge is 0.316 e. The third-order valence-electron chi connectivity index (χ3n) is 3.94. The van der Waals surface area contributed by atoms with Crippen molar-refractivity contribution in [2.75, 3.05) is 7.05 Å². The van der Waals surface area contributed by atoms with Gasteiger partial charge in [0.2, 0.25) is 0 Å². The third-order valence-corrected chi connectivity index (χ3v) is 3.94. The molecule has 50 valence electrons. The zero-order valence-corrected chi connectivity index (χ0v) is 5.80. The summed E-state index contributed by atoms with van der Waals surface area (Å²) in [5.74, 6) is 4.60. The third kappa shape index (κ3) is 0.315. The molecule has 3 fully saturated rings. The van der Waals surface area contributed by atoms with Crippen molar-refractivity contribution in [3.8, 4) is 0 Å². The maximum atomic E-state index is 3.42. The monoisotopic (exact) mass is 123 g/mol. The lowest BCUT2D eigenvalue weighted by molar-refractivity contribution is -0.218. The Morgan fingerprint density at radius 1 is 1.22 bits per heavy atom. The number of nitrogens with one attached hydrogen (secondary N) is 1. The second-order valence-corrected chi connectivity index (χ2v) is 3.95. The molecule has 0 heterocycles.